The van der Waals surface area contributed by atoms with Crippen molar-refractivity contribution in [3.63, 3.8) is 0 Å². The monoisotopic (exact) mass is 532 g/mol. The Labute approximate surface area is 224 Å². The van der Waals surface area contributed by atoms with Gasteiger partial charge >= 0.3 is 0 Å². The summed E-state index contributed by atoms with van der Waals surface area (Å²) in [7, 11) is 1.86. The van der Waals surface area contributed by atoms with Crippen LogP contribution in [0, 0.1) is 5.82 Å². The van der Waals surface area contributed by atoms with Gasteiger partial charge in [0.15, 0.2) is 17.9 Å². The van der Waals surface area contributed by atoms with Crippen molar-refractivity contribution in [2.24, 2.45) is 0 Å². The van der Waals surface area contributed by atoms with Gasteiger partial charge in [-0.15, -0.1) is 0 Å². The van der Waals surface area contributed by atoms with Crippen LogP contribution in [0.3, 0.4) is 0 Å². The quantitative estimate of drug-likeness (QED) is 0.313. The molecule has 0 unspecified atom stereocenters. The highest BCUT2D eigenvalue weighted by molar-refractivity contribution is 5.82. The minimum absolute atomic E-state index is 0.0861. The van der Waals surface area contributed by atoms with E-state index in [1.807, 2.05) is 54.4 Å². The van der Waals surface area contributed by atoms with Crippen molar-refractivity contribution in [3.8, 4) is 0 Å². The van der Waals surface area contributed by atoms with Gasteiger partial charge in [-0.3, -0.25) is 4.98 Å². The second kappa shape index (κ2) is 10.7. The lowest BCUT2D eigenvalue weighted by molar-refractivity contribution is -0.0486. The van der Waals surface area contributed by atoms with Crippen LogP contribution in [-0.4, -0.2) is 70.0 Å². The molecule has 1 saturated heterocycles. The fraction of sp³-hybridized carbons (Fsp3) is 0.321. The molecular weight excluding hydrogens is 503 g/mol. The maximum absolute atomic E-state index is 13.7. The predicted octanol–water partition coefficient (Wildman–Crippen LogP) is 2.65. The molecule has 1 fully saturated rings. The summed E-state index contributed by atoms with van der Waals surface area (Å²) >= 11 is 0. The summed E-state index contributed by atoms with van der Waals surface area (Å²) in [6.07, 6.45) is -2.44. The van der Waals surface area contributed by atoms with Crippen LogP contribution in [0.25, 0.3) is 10.9 Å². The van der Waals surface area contributed by atoms with Crippen LogP contribution in [0.5, 0.6) is 0 Å². The van der Waals surface area contributed by atoms with E-state index in [1.54, 1.807) is 11.0 Å². The third-order valence-corrected chi connectivity index (χ3v) is 7.01. The normalized spacial score (nSPS) is 22.2. The van der Waals surface area contributed by atoms with E-state index in [9.17, 15) is 14.6 Å². The predicted molar refractivity (Wildman–Crippen MR) is 144 cm³/mol. The zero-order chi connectivity index (χ0) is 26.9. The van der Waals surface area contributed by atoms with Crippen LogP contribution in [0.2, 0.25) is 0 Å². The molecule has 2 aromatic heterocycles. The van der Waals surface area contributed by atoms with Gasteiger partial charge < -0.3 is 34.8 Å². The highest BCUT2D eigenvalue weighted by Crippen LogP contribution is 2.39. The average Bonchev–Trinajstić information content (AvgIpc) is 3.49. The second-order valence-corrected chi connectivity index (χ2v) is 9.74. The van der Waals surface area contributed by atoms with Crippen molar-refractivity contribution in [1.29, 1.82) is 0 Å². The van der Waals surface area contributed by atoms with E-state index in [1.165, 1.54) is 18.5 Å². The van der Waals surface area contributed by atoms with Crippen LogP contribution < -0.4 is 15.1 Å². The third kappa shape index (κ3) is 5.09. The van der Waals surface area contributed by atoms with Crippen LogP contribution in [0.4, 0.5) is 21.7 Å². The summed E-state index contributed by atoms with van der Waals surface area (Å²) in [5.74, 6) is 0.878. The lowest BCUT2D eigenvalue weighted by Crippen LogP contribution is -2.44. The van der Waals surface area contributed by atoms with Crippen LogP contribution in [0.1, 0.15) is 11.3 Å². The number of anilines is 3. The SMILES string of the molecule is CN(Cc1cccc(F)c1)c1ncnc2c1NCN2[C@@H]1O[C@H](COCc2ccc3ccccc3n2)[C@@H](O)[C@H]1O. The molecule has 2 aromatic carbocycles. The topological polar surface area (TPSA) is 116 Å². The van der Waals surface area contributed by atoms with Gasteiger partial charge in [-0.2, -0.15) is 0 Å². The Balaban J connectivity index is 1.11. The standard InChI is InChI=1S/C28H29FN6O4/c1-34(12-17-5-4-7-19(29)11-17)26-23-27(31-15-30-26)35(16-32-23)28-25(37)24(36)22(39-28)14-38-13-20-10-9-18-6-2-3-8-21(18)33-20/h2-11,15,22,24-25,28,32,36-37H,12-14,16H2,1H3/t22-,24-,25-,28-/m1/s1. The summed E-state index contributed by atoms with van der Waals surface area (Å²) in [6.45, 7) is 1.08. The molecule has 0 radical (unpaired) electrons. The van der Waals surface area contributed by atoms with Crippen LogP contribution in [0.15, 0.2) is 67.0 Å². The molecule has 4 atom stereocenters. The van der Waals surface area contributed by atoms with E-state index >= 15 is 0 Å². The summed E-state index contributed by atoms with van der Waals surface area (Å²) in [5, 5.41) is 25.9. The van der Waals surface area contributed by atoms with E-state index in [4.69, 9.17) is 9.47 Å². The minimum atomic E-state index is -1.17. The average molecular weight is 533 g/mol. The van der Waals surface area contributed by atoms with Gasteiger partial charge in [-0.25, -0.2) is 14.4 Å². The van der Waals surface area contributed by atoms with Crippen molar-refractivity contribution in [2.75, 3.05) is 35.4 Å². The number of halogens is 1. The molecule has 0 amide bonds. The number of benzene rings is 2. The highest BCUT2D eigenvalue weighted by atomic mass is 19.1. The van der Waals surface area contributed by atoms with Crippen LogP contribution in [-0.2, 0) is 22.6 Å². The van der Waals surface area contributed by atoms with E-state index in [2.05, 4.69) is 20.3 Å². The Bertz CT molecular complexity index is 1480. The molecule has 4 aromatic rings. The Morgan fingerprint density at radius 1 is 1.10 bits per heavy atom. The summed E-state index contributed by atoms with van der Waals surface area (Å²) in [6, 6.07) is 18.2. The molecule has 4 heterocycles. The number of aliphatic hydroxyl groups is 2. The summed E-state index contributed by atoms with van der Waals surface area (Å²) < 4.78 is 25.5. The number of fused-ring (bicyclic) bond motifs is 2. The molecular formula is C28H29FN6O4. The van der Waals surface area contributed by atoms with Crippen molar-refractivity contribution in [2.45, 2.75) is 37.7 Å². The summed E-state index contributed by atoms with van der Waals surface area (Å²) in [5.41, 5.74) is 3.12. The van der Waals surface area contributed by atoms with Gasteiger partial charge in [0.05, 0.1) is 31.1 Å². The fourth-order valence-electron chi connectivity index (χ4n) is 5.06. The molecule has 0 saturated carbocycles. The largest absolute Gasteiger partial charge is 0.387 e. The Hall–Kier alpha value is -3.90. The van der Waals surface area contributed by atoms with Crippen molar-refractivity contribution >= 4 is 28.2 Å². The Morgan fingerprint density at radius 2 is 1.97 bits per heavy atom. The number of aliphatic hydroxyl groups excluding tert-OH is 2. The number of nitrogens with one attached hydrogen (secondary N) is 1. The van der Waals surface area contributed by atoms with Gasteiger partial charge in [0.25, 0.3) is 0 Å². The zero-order valence-corrected chi connectivity index (χ0v) is 21.3. The molecule has 0 bridgehead atoms. The first-order valence-electron chi connectivity index (χ1n) is 12.7. The van der Waals surface area contributed by atoms with E-state index in [-0.39, 0.29) is 19.0 Å². The lowest BCUT2D eigenvalue weighted by Gasteiger charge is -2.27. The van der Waals surface area contributed by atoms with Crippen molar-refractivity contribution in [3.05, 3.63) is 84.1 Å². The van der Waals surface area contributed by atoms with E-state index < -0.39 is 24.5 Å². The van der Waals surface area contributed by atoms with Gasteiger partial charge in [-0.05, 0) is 29.8 Å². The number of para-hydroxylation sites is 1. The second-order valence-electron chi connectivity index (χ2n) is 9.74. The molecule has 10 nitrogen and oxygen atoms in total. The zero-order valence-electron chi connectivity index (χ0n) is 21.3. The molecule has 6 rings (SSSR count). The molecule has 2 aliphatic heterocycles. The number of ether oxygens (including phenoxy) is 2. The first-order chi connectivity index (χ1) is 19.0. The first-order valence-corrected chi connectivity index (χ1v) is 12.7. The van der Waals surface area contributed by atoms with Gasteiger partial charge in [0.1, 0.15) is 36.1 Å². The van der Waals surface area contributed by atoms with Crippen molar-refractivity contribution < 1.29 is 24.1 Å². The fourth-order valence-corrected chi connectivity index (χ4v) is 5.06. The number of aromatic nitrogens is 3. The Morgan fingerprint density at radius 3 is 2.85 bits per heavy atom. The number of hydrogen-bond donors (Lipinski definition) is 3. The molecule has 11 heteroatoms. The van der Waals surface area contributed by atoms with E-state index in [0.717, 1.165) is 22.2 Å². The van der Waals surface area contributed by atoms with Gasteiger partial charge in [0, 0.05) is 19.0 Å². The maximum Gasteiger partial charge on any atom is 0.162 e. The molecule has 2 aliphatic rings. The number of rotatable bonds is 8. The first kappa shape index (κ1) is 25.4. The highest BCUT2D eigenvalue weighted by Gasteiger charge is 2.47. The smallest absolute Gasteiger partial charge is 0.162 e. The maximum atomic E-state index is 13.7. The number of pyridine rings is 1. The molecule has 3 N–H and O–H groups in total. The van der Waals surface area contributed by atoms with Crippen LogP contribution >= 0.6 is 0 Å². The van der Waals surface area contributed by atoms with Crippen molar-refractivity contribution in [1.82, 2.24) is 15.0 Å². The molecule has 39 heavy (non-hydrogen) atoms. The minimum Gasteiger partial charge on any atom is -0.387 e. The van der Waals surface area contributed by atoms with Gasteiger partial charge in [0.2, 0.25) is 0 Å². The third-order valence-electron chi connectivity index (χ3n) is 7.01. The lowest BCUT2D eigenvalue weighted by atomic mass is 10.1. The molecule has 0 spiro atoms. The summed E-state index contributed by atoms with van der Waals surface area (Å²) in [4.78, 5) is 17.1. The van der Waals surface area contributed by atoms with E-state index in [0.29, 0.717) is 30.5 Å². The molecule has 0 aliphatic carbocycles. The van der Waals surface area contributed by atoms with Gasteiger partial charge in [-0.1, -0.05) is 36.4 Å². The Kier molecular flexibility index (Phi) is 6.96. The molecule has 202 valence electrons. The number of nitrogens with zero attached hydrogens (tertiary/aromatic N) is 5. The number of hydrogen-bond acceptors (Lipinski definition) is 10.